The van der Waals surface area contributed by atoms with Crippen molar-refractivity contribution in [3.8, 4) is 0 Å². The van der Waals surface area contributed by atoms with E-state index in [1.807, 2.05) is 0 Å². The zero-order valence-electron chi connectivity index (χ0n) is 12.6. The number of aromatic nitrogens is 2. The van der Waals surface area contributed by atoms with Crippen LogP contribution >= 0.6 is 34.8 Å². The average molecular weight is 394 g/mol. The Morgan fingerprint density at radius 1 is 0.920 bits per heavy atom. The molecule has 5 nitrogen and oxygen atoms in total. The second kappa shape index (κ2) is 7.70. The van der Waals surface area contributed by atoms with Gasteiger partial charge in [-0.3, -0.25) is 4.79 Å². The van der Waals surface area contributed by atoms with Crippen molar-refractivity contribution in [1.29, 1.82) is 0 Å². The van der Waals surface area contributed by atoms with Crippen LogP contribution in [-0.2, 0) is 0 Å². The van der Waals surface area contributed by atoms with E-state index >= 15 is 0 Å². The van der Waals surface area contributed by atoms with Gasteiger partial charge >= 0.3 is 0 Å². The quantitative estimate of drug-likeness (QED) is 0.620. The first-order valence-electron chi connectivity index (χ1n) is 7.14. The van der Waals surface area contributed by atoms with Gasteiger partial charge in [-0.2, -0.15) is 0 Å². The van der Waals surface area contributed by atoms with Crippen LogP contribution in [0.5, 0.6) is 0 Å². The zero-order valence-corrected chi connectivity index (χ0v) is 14.9. The van der Waals surface area contributed by atoms with E-state index < -0.39 is 0 Å². The Morgan fingerprint density at radius 3 is 2.28 bits per heavy atom. The number of rotatable bonds is 4. The standard InChI is InChI=1S/C17H11Cl3N4O/c18-10-4-6-11(7-5-10)22-16(25)14-8-9-21-17(23-14)24-15-12(19)2-1-3-13(15)20/h1-9H,(H,22,25)(H,21,23,24). The predicted octanol–water partition coefficient (Wildman–Crippen LogP) is 5.43. The third-order valence-corrected chi connectivity index (χ3v) is 4.07. The number of para-hydroxylation sites is 1. The lowest BCUT2D eigenvalue weighted by molar-refractivity contribution is 0.102. The van der Waals surface area contributed by atoms with Crippen molar-refractivity contribution in [2.24, 2.45) is 0 Å². The van der Waals surface area contributed by atoms with E-state index in [4.69, 9.17) is 34.8 Å². The van der Waals surface area contributed by atoms with E-state index in [9.17, 15) is 4.79 Å². The van der Waals surface area contributed by atoms with E-state index in [2.05, 4.69) is 20.6 Å². The number of carbonyl (C=O) groups is 1. The molecule has 0 saturated heterocycles. The highest BCUT2D eigenvalue weighted by Gasteiger charge is 2.11. The van der Waals surface area contributed by atoms with Crippen molar-refractivity contribution in [2.45, 2.75) is 0 Å². The van der Waals surface area contributed by atoms with E-state index in [0.29, 0.717) is 26.4 Å². The lowest BCUT2D eigenvalue weighted by Crippen LogP contribution is -2.14. The van der Waals surface area contributed by atoms with Crippen molar-refractivity contribution >= 4 is 58.0 Å². The van der Waals surface area contributed by atoms with Crippen molar-refractivity contribution in [1.82, 2.24) is 9.97 Å². The molecule has 126 valence electrons. The van der Waals surface area contributed by atoms with Crippen molar-refractivity contribution in [3.63, 3.8) is 0 Å². The van der Waals surface area contributed by atoms with E-state index in [0.717, 1.165) is 0 Å². The molecule has 25 heavy (non-hydrogen) atoms. The lowest BCUT2D eigenvalue weighted by Gasteiger charge is -2.10. The molecule has 1 amide bonds. The molecule has 0 aliphatic carbocycles. The summed E-state index contributed by atoms with van der Waals surface area (Å²) in [4.78, 5) is 20.6. The Kier molecular flexibility index (Phi) is 5.38. The number of nitrogens with zero attached hydrogens (tertiary/aromatic N) is 2. The summed E-state index contributed by atoms with van der Waals surface area (Å²) in [7, 11) is 0. The Labute approximate surface area is 159 Å². The van der Waals surface area contributed by atoms with Gasteiger partial charge in [0.1, 0.15) is 5.69 Å². The van der Waals surface area contributed by atoms with Crippen molar-refractivity contribution in [2.75, 3.05) is 10.6 Å². The van der Waals surface area contributed by atoms with Gasteiger partial charge in [-0.15, -0.1) is 0 Å². The van der Waals surface area contributed by atoms with Crippen LogP contribution in [0.25, 0.3) is 0 Å². The summed E-state index contributed by atoms with van der Waals surface area (Å²) in [5.41, 5.74) is 1.27. The smallest absolute Gasteiger partial charge is 0.274 e. The average Bonchev–Trinajstić information content (AvgIpc) is 2.60. The lowest BCUT2D eigenvalue weighted by atomic mass is 10.3. The highest BCUT2D eigenvalue weighted by atomic mass is 35.5. The number of benzene rings is 2. The van der Waals surface area contributed by atoms with Gasteiger partial charge in [0, 0.05) is 16.9 Å². The Bertz CT molecular complexity index is 896. The van der Waals surface area contributed by atoms with Gasteiger partial charge in [0.2, 0.25) is 5.95 Å². The monoisotopic (exact) mass is 392 g/mol. The molecule has 2 N–H and O–H groups in total. The van der Waals surface area contributed by atoms with Crippen LogP contribution in [0.2, 0.25) is 15.1 Å². The van der Waals surface area contributed by atoms with Crippen molar-refractivity contribution < 1.29 is 4.79 Å². The number of hydrogen-bond acceptors (Lipinski definition) is 4. The van der Waals surface area contributed by atoms with Gasteiger partial charge in [0.25, 0.3) is 5.91 Å². The summed E-state index contributed by atoms with van der Waals surface area (Å²) in [6.07, 6.45) is 1.47. The number of anilines is 3. The second-order valence-electron chi connectivity index (χ2n) is 4.95. The third-order valence-electron chi connectivity index (χ3n) is 3.19. The molecule has 0 fully saturated rings. The van der Waals surface area contributed by atoms with Crippen LogP contribution in [0.3, 0.4) is 0 Å². The van der Waals surface area contributed by atoms with Gasteiger partial charge in [0.15, 0.2) is 0 Å². The Morgan fingerprint density at radius 2 is 1.60 bits per heavy atom. The minimum absolute atomic E-state index is 0.190. The largest absolute Gasteiger partial charge is 0.322 e. The Hall–Kier alpha value is -2.34. The highest BCUT2D eigenvalue weighted by molar-refractivity contribution is 6.39. The molecule has 0 aliphatic rings. The molecule has 1 aromatic heterocycles. The van der Waals surface area contributed by atoms with E-state index in [1.165, 1.54) is 12.3 Å². The maximum Gasteiger partial charge on any atom is 0.274 e. The molecule has 3 rings (SSSR count). The van der Waals surface area contributed by atoms with Crippen LogP contribution in [0, 0.1) is 0 Å². The van der Waals surface area contributed by atoms with Gasteiger partial charge in [-0.1, -0.05) is 40.9 Å². The van der Waals surface area contributed by atoms with Gasteiger partial charge in [0.05, 0.1) is 15.7 Å². The molecule has 0 radical (unpaired) electrons. The van der Waals surface area contributed by atoms with E-state index in [1.54, 1.807) is 42.5 Å². The molecular formula is C17H11Cl3N4O. The summed E-state index contributed by atoms with van der Waals surface area (Å²) in [6, 6.07) is 13.4. The molecule has 3 aromatic rings. The molecule has 0 atom stereocenters. The van der Waals surface area contributed by atoms with Crippen LogP contribution < -0.4 is 10.6 Å². The maximum absolute atomic E-state index is 12.3. The fourth-order valence-corrected chi connectivity index (χ4v) is 2.62. The normalized spacial score (nSPS) is 10.4. The number of hydrogen-bond donors (Lipinski definition) is 2. The first kappa shape index (κ1) is 17.5. The maximum atomic E-state index is 12.3. The first-order valence-corrected chi connectivity index (χ1v) is 8.27. The molecule has 0 bridgehead atoms. The molecule has 0 spiro atoms. The summed E-state index contributed by atoms with van der Waals surface area (Å²) < 4.78 is 0. The number of halogens is 3. The Balaban J connectivity index is 1.79. The molecule has 0 aliphatic heterocycles. The minimum atomic E-state index is -0.377. The number of amides is 1. The molecule has 0 unspecified atom stereocenters. The van der Waals surface area contributed by atoms with Gasteiger partial charge in [-0.25, -0.2) is 9.97 Å². The summed E-state index contributed by atoms with van der Waals surface area (Å²) in [5.74, 6) is -0.170. The summed E-state index contributed by atoms with van der Waals surface area (Å²) in [6.45, 7) is 0. The van der Waals surface area contributed by atoms with Crippen LogP contribution in [0.4, 0.5) is 17.3 Å². The predicted molar refractivity (Wildman–Crippen MR) is 101 cm³/mol. The van der Waals surface area contributed by atoms with Crippen LogP contribution in [0.1, 0.15) is 10.5 Å². The van der Waals surface area contributed by atoms with Crippen LogP contribution in [0.15, 0.2) is 54.7 Å². The zero-order chi connectivity index (χ0) is 17.8. The molecule has 0 saturated carbocycles. The van der Waals surface area contributed by atoms with Crippen LogP contribution in [-0.4, -0.2) is 15.9 Å². The molecular weight excluding hydrogens is 383 g/mol. The fraction of sp³-hybridized carbons (Fsp3) is 0. The molecule has 8 heteroatoms. The third kappa shape index (κ3) is 4.39. The van der Waals surface area contributed by atoms with E-state index in [-0.39, 0.29) is 17.5 Å². The first-order chi connectivity index (χ1) is 12.0. The van der Waals surface area contributed by atoms with Gasteiger partial charge < -0.3 is 10.6 Å². The SMILES string of the molecule is O=C(Nc1ccc(Cl)cc1)c1ccnc(Nc2c(Cl)cccc2Cl)n1. The number of carbonyl (C=O) groups excluding carboxylic acids is 1. The second-order valence-corrected chi connectivity index (χ2v) is 6.20. The highest BCUT2D eigenvalue weighted by Crippen LogP contribution is 2.31. The molecule has 2 aromatic carbocycles. The summed E-state index contributed by atoms with van der Waals surface area (Å²) in [5, 5.41) is 7.09. The molecule has 1 heterocycles. The van der Waals surface area contributed by atoms with Gasteiger partial charge in [-0.05, 0) is 42.5 Å². The fourth-order valence-electron chi connectivity index (χ4n) is 2.00. The summed E-state index contributed by atoms with van der Waals surface area (Å²) >= 11 is 18.0. The number of nitrogens with one attached hydrogen (secondary N) is 2. The van der Waals surface area contributed by atoms with Crippen molar-refractivity contribution in [3.05, 3.63) is 75.5 Å². The topological polar surface area (TPSA) is 66.9 Å². The minimum Gasteiger partial charge on any atom is -0.322 e.